The van der Waals surface area contributed by atoms with Crippen LogP contribution in [-0.4, -0.2) is 53.0 Å². The highest BCUT2D eigenvalue weighted by Gasteiger charge is 2.23. The third-order valence-electron chi connectivity index (χ3n) is 3.71. The minimum Gasteiger partial charge on any atom is -0.495 e. The summed E-state index contributed by atoms with van der Waals surface area (Å²) in [6.45, 7) is 2.23. The van der Waals surface area contributed by atoms with Crippen molar-refractivity contribution in [1.82, 2.24) is 4.31 Å². The first-order valence-corrected chi connectivity index (χ1v) is 9.98. The number of carbonyl (C=O) groups is 1. The quantitative estimate of drug-likeness (QED) is 0.685. The smallest absolute Gasteiger partial charge is 0.262 e. The topological polar surface area (TPSA) is 94.2 Å². The molecule has 0 aliphatic carbocycles. The molecule has 0 aliphatic heterocycles. The van der Waals surface area contributed by atoms with E-state index in [2.05, 4.69) is 5.32 Å². The van der Waals surface area contributed by atoms with Crippen molar-refractivity contribution < 1.29 is 27.4 Å². The normalized spacial score (nSPS) is 11.2. The zero-order chi connectivity index (χ0) is 20.7. The lowest BCUT2D eigenvalue weighted by molar-refractivity contribution is -0.118. The average molecular weight is 408 g/mol. The number of nitrogens with one attached hydrogen (secondary N) is 1. The number of hydrogen-bond acceptors (Lipinski definition) is 6. The molecule has 0 spiro atoms. The second kappa shape index (κ2) is 9.43. The SMILES string of the molecule is CCOc1ccc(OCC(=O)Nc2ccc(OC)c(S(=O)(=O)N(C)C)c2)cc1. The molecule has 0 atom stereocenters. The Morgan fingerprint density at radius 2 is 1.64 bits per heavy atom. The summed E-state index contributed by atoms with van der Waals surface area (Å²) >= 11 is 0. The molecular formula is C19H24N2O6S. The molecule has 0 bridgehead atoms. The van der Waals surface area contributed by atoms with E-state index in [0.717, 1.165) is 4.31 Å². The molecule has 9 heteroatoms. The van der Waals surface area contributed by atoms with Gasteiger partial charge < -0.3 is 19.5 Å². The van der Waals surface area contributed by atoms with Gasteiger partial charge in [-0.05, 0) is 49.4 Å². The Labute approximate surface area is 165 Å². The maximum atomic E-state index is 12.4. The van der Waals surface area contributed by atoms with E-state index in [1.54, 1.807) is 30.3 Å². The predicted molar refractivity (Wildman–Crippen MR) is 106 cm³/mol. The third kappa shape index (κ3) is 5.37. The van der Waals surface area contributed by atoms with Crippen molar-refractivity contribution in [2.75, 3.05) is 39.7 Å². The molecule has 0 fully saturated rings. The van der Waals surface area contributed by atoms with Gasteiger partial charge in [-0.15, -0.1) is 0 Å². The predicted octanol–water partition coefficient (Wildman–Crippen LogP) is 2.36. The first-order chi connectivity index (χ1) is 13.3. The monoisotopic (exact) mass is 408 g/mol. The van der Waals surface area contributed by atoms with Crippen LogP contribution < -0.4 is 19.5 Å². The minimum atomic E-state index is -3.73. The van der Waals surface area contributed by atoms with E-state index in [-0.39, 0.29) is 17.3 Å². The summed E-state index contributed by atoms with van der Waals surface area (Å²) in [5, 5.41) is 2.62. The van der Waals surface area contributed by atoms with Crippen LogP contribution in [-0.2, 0) is 14.8 Å². The van der Waals surface area contributed by atoms with Gasteiger partial charge in [-0.1, -0.05) is 0 Å². The highest BCUT2D eigenvalue weighted by atomic mass is 32.2. The number of amides is 1. The van der Waals surface area contributed by atoms with E-state index >= 15 is 0 Å². The molecule has 2 aromatic rings. The molecule has 0 aliphatic rings. The van der Waals surface area contributed by atoms with Crippen molar-refractivity contribution in [2.24, 2.45) is 0 Å². The zero-order valence-electron chi connectivity index (χ0n) is 16.3. The van der Waals surface area contributed by atoms with Gasteiger partial charge in [0.2, 0.25) is 10.0 Å². The fraction of sp³-hybridized carbons (Fsp3) is 0.316. The number of nitrogens with zero attached hydrogens (tertiary/aromatic N) is 1. The van der Waals surface area contributed by atoms with Gasteiger partial charge in [-0.2, -0.15) is 0 Å². The maximum Gasteiger partial charge on any atom is 0.262 e. The van der Waals surface area contributed by atoms with Crippen LogP contribution in [0, 0.1) is 0 Å². The van der Waals surface area contributed by atoms with Gasteiger partial charge in [0.05, 0.1) is 13.7 Å². The molecule has 0 unspecified atom stereocenters. The largest absolute Gasteiger partial charge is 0.495 e. The van der Waals surface area contributed by atoms with Crippen LogP contribution in [0.2, 0.25) is 0 Å². The number of methoxy groups -OCH3 is 1. The second-order valence-corrected chi connectivity index (χ2v) is 8.01. The molecule has 1 amide bonds. The summed E-state index contributed by atoms with van der Waals surface area (Å²) in [5.41, 5.74) is 0.321. The van der Waals surface area contributed by atoms with E-state index in [1.807, 2.05) is 6.92 Å². The van der Waals surface area contributed by atoms with Gasteiger partial charge in [0.1, 0.15) is 22.1 Å². The van der Waals surface area contributed by atoms with Crippen LogP contribution in [0.3, 0.4) is 0 Å². The number of carbonyl (C=O) groups excluding carboxylic acids is 1. The van der Waals surface area contributed by atoms with E-state index in [9.17, 15) is 13.2 Å². The van der Waals surface area contributed by atoms with Gasteiger partial charge >= 0.3 is 0 Å². The van der Waals surface area contributed by atoms with Crippen LogP contribution in [0.15, 0.2) is 47.4 Å². The molecule has 2 rings (SSSR count). The molecule has 0 aromatic heterocycles. The Balaban J connectivity index is 2.05. The molecule has 28 heavy (non-hydrogen) atoms. The number of benzene rings is 2. The standard InChI is InChI=1S/C19H24N2O6S/c1-5-26-15-7-9-16(10-8-15)27-13-19(22)20-14-6-11-17(25-4)18(12-14)28(23,24)21(2)3/h6-12H,5,13H2,1-4H3,(H,20,22). The molecule has 1 N–H and O–H groups in total. The summed E-state index contributed by atoms with van der Waals surface area (Å²) in [6, 6.07) is 11.3. The summed E-state index contributed by atoms with van der Waals surface area (Å²) < 4.78 is 41.8. The van der Waals surface area contributed by atoms with Crippen LogP contribution in [0.4, 0.5) is 5.69 Å². The van der Waals surface area contributed by atoms with Crippen LogP contribution in [0.1, 0.15) is 6.92 Å². The van der Waals surface area contributed by atoms with Gasteiger partial charge in [-0.3, -0.25) is 4.79 Å². The molecule has 0 saturated carbocycles. The lowest BCUT2D eigenvalue weighted by Gasteiger charge is -2.16. The summed E-state index contributed by atoms with van der Waals surface area (Å²) in [4.78, 5) is 12.1. The molecule has 0 radical (unpaired) electrons. The van der Waals surface area contributed by atoms with E-state index < -0.39 is 15.9 Å². The van der Waals surface area contributed by atoms with Gasteiger partial charge in [0.15, 0.2) is 6.61 Å². The maximum absolute atomic E-state index is 12.4. The van der Waals surface area contributed by atoms with Crippen molar-refractivity contribution in [3.8, 4) is 17.2 Å². The fourth-order valence-corrected chi connectivity index (χ4v) is 3.37. The number of anilines is 1. The van der Waals surface area contributed by atoms with E-state index in [4.69, 9.17) is 14.2 Å². The third-order valence-corrected chi connectivity index (χ3v) is 5.55. The first kappa shape index (κ1) is 21.5. The highest BCUT2D eigenvalue weighted by molar-refractivity contribution is 7.89. The van der Waals surface area contributed by atoms with Crippen molar-refractivity contribution in [1.29, 1.82) is 0 Å². The number of sulfonamides is 1. The van der Waals surface area contributed by atoms with Gasteiger partial charge in [0, 0.05) is 19.8 Å². The molecule has 8 nitrogen and oxygen atoms in total. The first-order valence-electron chi connectivity index (χ1n) is 8.54. The minimum absolute atomic E-state index is 0.0368. The molecule has 2 aromatic carbocycles. The van der Waals surface area contributed by atoms with Crippen LogP contribution in [0.5, 0.6) is 17.2 Å². The van der Waals surface area contributed by atoms with Gasteiger partial charge in [-0.25, -0.2) is 12.7 Å². The van der Waals surface area contributed by atoms with Crippen LogP contribution in [0.25, 0.3) is 0 Å². The summed E-state index contributed by atoms with van der Waals surface area (Å²) in [7, 11) is 0.496. The second-order valence-electron chi connectivity index (χ2n) is 5.89. The van der Waals surface area contributed by atoms with Crippen molar-refractivity contribution in [2.45, 2.75) is 11.8 Å². The molecule has 0 heterocycles. The summed E-state index contributed by atoms with van der Waals surface area (Å²) in [6.07, 6.45) is 0. The number of ether oxygens (including phenoxy) is 3. The lowest BCUT2D eigenvalue weighted by atomic mass is 10.3. The van der Waals surface area contributed by atoms with Crippen molar-refractivity contribution in [3.63, 3.8) is 0 Å². The number of hydrogen-bond donors (Lipinski definition) is 1. The van der Waals surface area contributed by atoms with Gasteiger partial charge in [0.25, 0.3) is 5.91 Å². The molecule has 152 valence electrons. The Kier molecular flexibility index (Phi) is 7.24. The van der Waals surface area contributed by atoms with Crippen molar-refractivity contribution >= 4 is 21.6 Å². The molecule has 0 saturated heterocycles. The van der Waals surface area contributed by atoms with E-state index in [1.165, 1.54) is 33.3 Å². The Morgan fingerprint density at radius 3 is 2.18 bits per heavy atom. The highest BCUT2D eigenvalue weighted by Crippen LogP contribution is 2.28. The van der Waals surface area contributed by atoms with E-state index in [0.29, 0.717) is 23.8 Å². The van der Waals surface area contributed by atoms with Crippen LogP contribution >= 0.6 is 0 Å². The summed E-state index contributed by atoms with van der Waals surface area (Å²) in [5.74, 6) is 1.00. The van der Waals surface area contributed by atoms with Crippen molar-refractivity contribution in [3.05, 3.63) is 42.5 Å². The Morgan fingerprint density at radius 1 is 1.04 bits per heavy atom. The Bertz CT molecular complexity index is 911. The number of rotatable bonds is 9. The zero-order valence-corrected chi connectivity index (χ0v) is 17.1. The fourth-order valence-electron chi connectivity index (χ4n) is 2.30. The Hall–Kier alpha value is -2.78. The lowest BCUT2D eigenvalue weighted by Crippen LogP contribution is -2.24. The molecular weight excluding hydrogens is 384 g/mol. The average Bonchev–Trinajstić information content (AvgIpc) is 2.67.